The first-order chi connectivity index (χ1) is 5.76. The van der Waals surface area contributed by atoms with Crippen molar-refractivity contribution in [3.8, 4) is 0 Å². The van der Waals surface area contributed by atoms with Gasteiger partial charge in [0, 0.05) is 6.42 Å². The van der Waals surface area contributed by atoms with Crippen molar-refractivity contribution in [1.29, 1.82) is 0 Å². The highest BCUT2D eigenvalue weighted by Gasteiger charge is 2.38. The Hall–Kier alpha value is -1.08. The standard InChI is InChI=1S/C11H12O/c1-2-7-11(12)8-9-5-3-4-6-10(9)11/h2-6,12H,1,7-8H2/t11-/m1/s1. The van der Waals surface area contributed by atoms with Crippen LogP contribution < -0.4 is 0 Å². The molecule has 2 rings (SSSR count). The van der Waals surface area contributed by atoms with Crippen LogP contribution in [0.15, 0.2) is 36.9 Å². The van der Waals surface area contributed by atoms with Crippen LogP contribution in [0.25, 0.3) is 0 Å². The topological polar surface area (TPSA) is 20.2 Å². The molecule has 0 spiro atoms. The summed E-state index contributed by atoms with van der Waals surface area (Å²) in [6.45, 7) is 3.64. The molecule has 12 heavy (non-hydrogen) atoms. The maximum Gasteiger partial charge on any atom is 0.0973 e. The smallest absolute Gasteiger partial charge is 0.0973 e. The molecule has 1 aromatic rings. The van der Waals surface area contributed by atoms with Gasteiger partial charge < -0.3 is 5.11 Å². The normalized spacial score (nSPS) is 25.8. The van der Waals surface area contributed by atoms with Crippen molar-refractivity contribution in [3.05, 3.63) is 48.0 Å². The van der Waals surface area contributed by atoms with Gasteiger partial charge in [0.1, 0.15) is 0 Å². The zero-order valence-corrected chi connectivity index (χ0v) is 6.96. The van der Waals surface area contributed by atoms with E-state index < -0.39 is 5.60 Å². The van der Waals surface area contributed by atoms with Crippen LogP contribution in [0.5, 0.6) is 0 Å². The van der Waals surface area contributed by atoms with Gasteiger partial charge in [0.2, 0.25) is 0 Å². The molecule has 0 radical (unpaired) electrons. The zero-order chi connectivity index (χ0) is 8.60. The predicted octanol–water partition coefficient (Wildman–Crippen LogP) is 2.01. The summed E-state index contributed by atoms with van der Waals surface area (Å²) in [5.41, 5.74) is 1.73. The second kappa shape index (κ2) is 2.46. The van der Waals surface area contributed by atoms with Crippen molar-refractivity contribution in [3.63, 3.8) is 0 Å². The van der Waals surface area contributed by atoms with Gasteiger partial charge in [-0.2, -0.15) is 0 Å². The highest BCUT2D eigenvalue weighted by atomic mass is 16.3. The minimum absolute atomic E-state index is 0.613. The summed E-state index contributed by atoms with van der Waals surface area (Å²) in [7, 11) is 0. The van der Waals surface area contributed by atoms with Crippen molar-refractivity contribution in [2.24, 2.45) is 0 Å². The zero-order valence-electron chi connectivity index (χ0n) is 6.96. The average Bonchev–Trinajstić information content (AvgIpc) is 2.04. The Balaban J connectivity index is 2.34. The molecule has 0 saturated carbocycles. The van der Waals surface area contributed by atoms with Crippen LogP contribution in [0, 0.1) is 0 Å². The SMILES string of the molecule is C=CC[C@@]1(O)Cc2ccccc21. The molecule has 0 heterocycles. The lowest BCUT2D eigenvalue weighted by molar-refractivity contribution is 0.0158. The van der Waals surface area contributed by atoms with Crippen molar-refractivity contribution in [1.82, 2.24) is 0 Å². The molecular formula is C11H12O. The maximum atomic E-state index is 9.99. The van der Waals surface area contributed by atoms with Crippen molar-refractivity contribution >= 4 is 0 Å². The van der Waals surface area contributed by atoms with Crippen LogP contribution in [-0.2, 0) is 12.0 Å². The highest BCUT2D eigenvalue weighted by molar-refractivity contribution is 5.42. The summed E-state index contributed by atoms with van der Waals surface area (Å²) in [5, 5.41) is 9.99. The van der Waals surface area contributed by atoms with Gasteiger partial charge in [-0.15, -0.1) is 6.58 Å². The first kappa shape index (κ1) is 7.56. The third kappa shape index (κ3) is 0.901. The first-order valence-corrected chi connectivity index (χ1v) is 4.18. The van der Waals surface area contributed by atoms with Gasteiger partial charge in [0.05, 0.1) is 5.60 Å². The van der Waals surface area contributed by atoms with Gasteiger partial charge in [-0.25, -0.2) is 0 Å². The number of fused-ring (bicyclic) bond motifs is 1. The molecule has 1 aliphatic rings. The van der Waals surface area contributed by atoms with Crippen molar-refractivity contribution < 1.29 is 5.11 Å². The third-order valence-corrected chi connectivity index (χ3v) is 2.48. The monoisotopic (exact) mass is 160 g/mol. The highest BCUT2D eigenvalue weighted by Crippen LogP contribution is 2.41. The summed E-state index contributed by atoms with van der Waals surface area (Å²) in [5.74, 6) is 0. The summed E-state index contributed by atoms with van der Waals surface area (Å²) < 4.78 is 0. The van der Waals surface area contributed by atoms with Gasteiger partial charge >= 0.3 is 0 Å². The van der Waals surface area contributed by atoms with E-state index in [1.165, 1.54) is 5.56 Å². The second-order valence-electron chi connectivity index (χ2n) is 3.36. The number of benzene rings is 1. The van der Waals surface area contributed by atoms with E-state index in [2.05, 4.69) is 12.6 Å². The minimum atomic E-state index is -0.613. The Labute approximate surface area is 72.4 Å². The molecule has 0 saturated heterocycles. The summed E-state index contributed by atoms with van der Waals surface area (Å²) in [6, 6.07) is 8.02. The Bertz CT molecular complexity index is 317. The first-order valence-electron chi connectivity index (χ1n) is 4.18. The van der Waals surface area contributed by atoms with Crippen LogP contribution in [-0.4, -0.2) is 5.11 Å². The maximum absolute atomic E-state index is 9.99. The van der Waals surface area contributed by atoms with E-state index in [0.717, 1.165) is 12.0 Å². The third-order valence-electron chi connectivity index (χ3n) is 2.48. The van der Waals surface area contributed by atoms with Crippen molar-refractivity contribution in [2.45, 2.75) is 18.4 Å². The minimum Gasteiger partial charge on any atom is -0.384 e. The Kier molecular flexibility index (Phi) is 1.55. The summed E-state index contributed by atoms with van der Waals surface area (Å²) >= 11 is 0. The molecule has 1 nitrogen and oxygen atoms in total. The molecule has 0 unspecified atom stereocenters. The van der Waals surface area contributed by atoms with E-state index in [0.29, 0.717) is 6.42 Å². The quantitative estimate of drug-likeness (QED) is 0.656. The largest absolute Gasteiger partial charge is 0.384 e. The Morgan fingerprint density at radius 1 is 1.50 bits per heavy atom. The van der Waals surface area contributed by atoms with E-state index in [1.54, 1.807) is 6.08 Å². The van der Waals surface area contributed by atoms with Crippen LogP contribution in [0.1, 0.15) is 17.5 Å². The Morgan fingerprint density at radius 3 is 2.92 bits per heavy atom. The summed E-state index contributed by atoms with van der Waals surface area (Å²) in [6.07, 6.45) is 3.20. The van der Waals surface area contributed by atoms with Crippen LogP contribution >= 0.6 is 0 Å². The van der Waals surface area contributed by atoms with Gasteiger partial charge in [0.15, 0.2) is 0 Å². The molecule has 1 aliphatic carbocycles. The predicted molar refractivity (Wildman–Crippen MR) is 48.9 cm³/mol. The van der Waals surface area contributed by atoms with E-state index in [1.807, 2.05) is 18.2 Å². The average molecular weight is 160 g/mol. The molecule has 0 amide bonds. The Morgan fingerprint density at radius 2 is 2.25 bits per heavy atom. The molecule has 0 bridgehead atoms. The molecule has 0 fully saturated rings. The number of hydrogen-bond donors (Lipinski definition) is 1. The van der Waals surface area contributed by atoms with Gasteiger partial charge in [0.25, 0.3) is 0 Å². The fourth-order valence-electron chi connectivity index (χ4n) is 1.85. The van der Waals surface area contributed by atoms with Gasteiger partial charge in [-0.05, 0) is 17.5 Å². The summed E-state index contributed by atoms with van der Waals surface area (Å²) in [4.78, 5) is 0. The molecule has 62 valence electrons. The molecule has 1 heteroatoms. The second-order valence-corrected chi connectivity index (χ2v) is 3.36. The van der Waals surface area contributed by atoms with Gasteiger partial charge in [-0.1, -0.05) is 30.3 Å². The molecule has 1 aromatic carbocycles. The van der Waals surface area contributed by atoms with E-state index in [4.69, 9.17) is 0 Å². The van der Waals surface area contributed by atoms with Gasteiger partial charge in [-0.3, -0.25) is 0 Å². The number of rotatable bonds is 2. The van der Waals surface area contributed by atoms with Crippen LogP contribution in [0.3, 0.4) is 0 Å². The molecule has 0 aromatic heterocycles. The lowest BCUT2D eigenvalue weighted by Gasteiger charge is -2.38. The van der Waals surface area contributed by atoms with Crippen LogP contribution in [0.4, 0.5) is 0 Å². The number of aliphatic hydroxyl groups is 1. The lowest BCUT2D eigenvalue weighted by Crippen LogP contribution is -2.37. The van der Waals surface area contributed by atoms with E-state index >= 15 is 0 Å². The fraction of sp³-hybridized carbons (Fsp3) is 0.273. The fourth-order valence-corrected chi connectivity index (χ4v) is 1.85. The molecule has 1 N–H and O–H groups in total. The van der Waals surface area contributed by atoms with Crippen molar-refractivity contribution in [2.75, 3.05) is 0 Å². The molecule has 1 atom stereocenters. The van der Waals surface area contributed by atoms with Crippen LogP contribution in [0.2, 0.25) is 0 Å². The molecular weight excluding hydrogens is 148 g/mol. The molecule has 0 aliphatic heterocycles. The lowest BCUT2D eigenvalue weighted by atomic mass is 9.72. The van der Waals surface area contributed by atoms with E-state index in [-0.39, 0.29) is 0 Å². The van der Waals surface area contributed by atoms with E-state index in [9.17, 15) is 5.11 Å². The number of hydrogen-bond acceptors (Lipinski definition) is 1.